The number of aliphatic imine (C=N–C) groups is 4. The van der Waals surface area contributed by atoms with Gasteiger partial charge in [0.2, 0.25) is 11.8 Å². The smallest absolute Gasteiger partial charge is 0.305 e. The molecule has 0 aliphatic carbocycles. The summed E-state index contributed by atoms with van der Waals surface area (Å²) in [6, 6.07) is 0. The Kier molecular flexibility index (Phi) is 8.87. The second-order valence-corrected chi connectivity index (χ2v) is 11.4. The average molecular weight is 625 g/mol. The van der Waals surface area contributed by atoms with Crippen LogP contribution in [0.3, 0.4) is 0 Å². The first-order chi connectivity index (χ1) is 21.8. The van der Waals surface area contributed by atoms with Crippen LogP contribution in [0.5, 0.6) is 0 Å². The molecule has 0 saturated carbocycles. The second-order valence-electron chi connectivity index (χ2n) is 11.4. The SMILES string of the molecule is COC(=O)CCC1=C(C)C2=NC1=CC1=NC(=CC3=C(C)C(=C(C)O)C(=N3)OC3=NC(=C2)C(C(C)=O)=C3C)C(C)=C1CCC(=O)OC. The van der Waals surface area contributed by atoms with Crippen LogP contribution in [0.15, 0.2) is 111 Å². The molecule has 5 rings (SSSR count). The highest BCUT2D eigenvalue weighted by Gasteiger charge is 2.33. The Bertz CT molecular complexity index is 1880. The highest BCUT2D eigenvalue weighted by Crippen LogP contribution is 2.38. The van der Waals surface area contributed by atoms with E-state index in [2.05, 4.69) is 4.99 Å². The number of hydrogen-bond acceptors (Lipinski definition) is 11. The first-order valence-electron chi connectivity index (χ1n) is 14.9. The number of allylic oxidation sites excluding steroid dienone is 9. The third-order valence-corrected chi connectivity index (χ3v) is 8.48. The summed E-state index contributed by atoms with van der Waals surface area (Å²) in [4.78, 5) is 56.5. The van der Waals surface area contributed by atoms with Crippen LogP contribution in [0, 0.1) is 0 Å². The molecular formula is C35H36N4O7. The summed E-state index contributed by atoms with van der Waals surface area (Å²) in [5.41, 5.74) is 8.66. The van der Waals surface area contributed by atoms with Gasteiger partial charge in [0.25, 0.3) is 0 Å². The van der Waals surface area contributed by atoms with Crippen LogP contribution in [0.1, 0.15) is 67.2 Å². The number of esters is 2. The van der Waals surface area contributed by atoms with Crippen molar-refractivity contribution in [3.63, 3.8) is 0 Å². The van der Waals surface area contributed by atoms with Gasteiger partial charge in [-0.15, -0.1) is 0 Å². The molecule has 0 radical (unpaired) electrons. The number of fused-ring (bicyclic) bond motifs is 4. The lowest BCUT2D eigenvalue weighted by Gasteiger charge is -2.09. The molecular weight excluding hydrogens is 588 g/mol. The van der Waals surface area contributed by atoms with Gasteiger partial charge in [0.15, 0.2) is 5.78 Å². The van der Waals surface area contributed by atoms with Crippen molar-refractivity contribution in [2.45, 2.75) is 67.2 Å². The van der Waals surface area contributed by atoms with E-state index in [4.69, 9.17) is 29.2 Å². The van der Waals surface area contributed by atoms with Crippen molar-refractivity contribution in [3.8, 4) is 0 Å². The molecule has 11 heteroatoms. The van der Waals surface area contributed by atoms with Crippen LogP contribution in [-0.2, 0) is 28.6 Å². The molecule has 0 amide bonds. The Morgan fingerprint density at radius 2 is 1.30 bits per heavy atom. The van der Waals surface area contributed by atoms with Crippen LogP contribution in [-0.4, -0.2) is 60.3 Å². The molecule has 0 fully saturated rings. The van der Waals surface area contributed by atoms with Gasteiger partial charge in [-0.25, -0.2) is 20.0 Å². The van der Waals surface area contributed by atoms with Crippen molar-refractivity contribution >= 4 is 40.9 Å². The van der Waals surface area contributed by atoms with Gasteiger partial charge in [0.05, 0.1) is 59.6 Å². The van der Waals surface area contributed by atoms with Gasteiger partial charge < -0.3 is 19.3 Å². The van der Waals surface area contributed by atoms with Crippen molar-refractivity contribution < 1.29 is 33.7 Å². The number of Topliss-reactive ketones (excluding diaryl/α,β-unsaturated/α-hetero) is 1. The fourth-order valence-electron chi connectivity index (χ4n) is 5.92. The number of aliphatic hydroxyl groups is 1. The molecule has 0 aromatic carbocycles. The molecule has 0 aromatic rings. The van der Waals surface area contributed by atoms with Gasteiger partial charge in [-0.2, -0.15) is 0 Å². The van der Waals surface area contributed by atoms with Gasteiger partial charge >= 0.3 is 11.9 Å². The molecule has 0 unspecified atom stereocenters. The van der Waals surface area contributed by atoms with E-state index in [0.29, 0.717) is 69.3 Å². The van der Waals surface area contributed by atoms with Gasteiger partial charge in [0, 0.05) is 18.4 Å². The number of methoxy groups -OCH3 is 2. The van der Waals surface area contributed by atoms with E-state index >= 15 is 0 Å². The van der Waals surface area contributed by atoms with Crippen LogP contribution >= 0.6 is 0 Å². The molecule has 0 spiro atoms. The van der Waals surface area contributed by atoms with Gasteiger partial charge in [-0.05, 0) is 100 Å². The van der Waals surface area contributed by atoms with Crippen molar-refractivity contribution in [2.75, 3.05) is 14.2 Å². The maximum Gasteiger partial charge on any atom is 0.305 e. The van der Waals surface area contributed by atoms with Gasteiger partial charge in [-0.3, -0.25) is 14.4 Å². The molecule has 5 aliphatic rings. The normalized spacial score (nSPS) is 20.1. The van der Waals surface area contributed by atoms with Crippen molar-refractivity contribution in [3.05, 3.63) is 91.4 Å². The third-order valence-electron chi connectivity index (χ3n) is 8.48. The minimum Gasteiger partial charge on any atom is -0.512 e. The molecule has 8 bridgehead atoms. The van der Waals surface area contributed by atoms with Crippen molar-refractivity contribution in [1.29, 1.82) is 0 Å². The minimum absolute atomic E-state index is 0.0173. The molecule has 5 heterocycles. The zero-order valence-corrected chi connectivity index (χ0v) is 27.2. The lowest BCUT2D eigenvalue weighted by atomic mass is 9.96. The molecule has 0 aromatic heterocycles. The summed E-state index contributed by atoms with van der Waals surface area (Å²) in [6.45, 7) is 10.4. The molecule has 1 N–H and O–H groups in total. The quantitative estimate of drug-likeness (QED) is 0.272. The number of carbonyl (C=O) groups excluding carboxylic acids is 3. The van der Waals surface area contributed by atoms with Crippen LogP contribution < -0.4 is 0 Å². The van der Waals surface area contributed by atoms with E-state index < -0.39 is 0 Å². The summed E-state index contributed by atoms with van der Waals surface area (Å²) in [6.07, 6.45) is 6.43. The Morgan fingerprint density at radius 1 is 0.696 bits per heavy atom. The van der Waals surface area contributed by atoms with E-state index in [-0.39, 0.29) is 48.1 Å². The van der Waals surface area contributed by atoms with Crippen molar-refractivity contribution in [2.24, 2.45) is 20.0 Å². The molecule has 0 saturated heterocycles. The zero-order chi connectivity index (χ0) is 33.4. The van der Waals surface area contributed by atoms with E-state index in [9.17, 15) is 19.5 Å². The van der Waals surface area contributed by atoms with Gasteiger partial charge in [0.1, 0.15) is 5.76 Å². The van der Waals surface area contributed by atoms with E-state index in [1.54, 1.807) is 19.9 Å². The van der Waals surface area contributed by atoms with Crippen LogP contribution in [0.2, 0.25) is 0 Å². The molecule has 11 nitrogen and oxygen atoms in total. The van der Waals surface area contributed by atoms with Gasteiger partial charge in [-0.1, -0.05) is 0 Å². The number of carbonyl (C=O) groups is 3. The third kappa shape index (κ3) is 5.92. The van der Waals surface area contributed by atoms with Crippen LogP contribution in [0.4, 0.5) is 0 Å². The predicted octanol–water partition coefficient (Wildman–Crippen LogP) is 5.95. The lowest BCUT2D eigenvalue weighted by molar-refractivity contribution is -0.141. The standard InChI is InChI=1S/C35H36N4O7/c1-16-22(9-11-30(42)44-7)27-15-28-23(10-12-31(43)45-8)17(2)25(37-28)14-29-32(20(5)40)19(4)34(39-29)46-35-33(21(6)41)18(3)26(38-35)13-24(16)36-27/h13-15,41H,9-12H2,1-8H3. The second kappa shape index (κ2) is 12.7. The predicted molar refractivity (Wildman–Crippen MR) is 174 cm³/mol. The highest BCUT2D eigenvalue weighted by molar-refractivity contribution is 6.20. The monoisotopic (exact) mass is 624 g/mol. The highest BCUT2D eigenvalue weighted by atomic mass is 16.5. The lowest BCUT2D eigenvalue weighted by Crippen LogP contribution is -2.14. The summed E-state index contributed by atoms with van der Waals surface area (Å²) < 4.78 is 16.0. The summed E-state index contributed by atoms with van der Waals surface area (Å²) in [7, 11) is 2.70. The fraction of sp³-hybridized carbons (Fsp3) is 0.343. The Morgan fingerprint density at radius 3 is 1.91 bits per heavy atom. The summed E-state index contributed by atoms with van der Waals surface area (Å²) in [5, 5.41) is 10.6. The zero-order valence-electron chi connectivity index (χ0n) is 27.2. The maximum absolute atomic E-state index is 12.9. The number of ether oxygens (including phenoxy) is 3. The largest absolute Gasteiger partial charge is 0.512 e. The molecule has 0 atom stereocenters. The molecule has 5 aliphatic heterocycles. The molecule has 46 heavy (non-hydrogen) atoms. The molecule has 238 valence electrons. The topological polar surface area (TPSA) is 149 Å². The maximum atomic E-state index is 12.9. The number of hydrogen-bond donors (Lipinski definition) is 1. The first kappa shape index (κ1) is 32.2. The van der Waals surface area contributed by atoms with E-state index in [1.807, 2.05) is 32.9 Å². The average Bonchev–Trinajstić information content (AvgIpc) is 3.67. The Labute approximate surface area is 267 Å². The van der Waals surface area contributed by atoms with E-state index in [1.165, 1.54) is 21.1 Å². The Balaban J connectivity index is 1.77. The number of ketones is 1. The summed E-state index contributed by atoms with van der Waals surface area (Å²) in [5.74, 6) is -0.546. The van der Waals surface area contributed by atoms with Crippen molar-refractivity contribution in [1.82, 2.24) is 0 Å². The number of rotatable bonds is 7. The number of nitrogens with zero attached hydrogens (tertiary/aromatic N) is 4. The fourth-order valence-corrected chi connectivity index (χ4v) is 5.92. The minimum atomic E-state index is -0.353. The first-order valence-corrected chi connectivity index (χ1v) is 14.9. The van der Waals surface area contributed by atoms with Crippen LogP contribution in [0.25, 0.3) is 0 Å². The number of aliphatic hydroxyl groups excluding tert-OH is 1. The van der Waals surface area contributed by atoms with E-state index in [0.717, 1.165) is 22.3 Å². The Hall–Kier alpha value is -5.19. The summed E-state index contributed by atoms with van der Waals surface area (Å²) >= 11 is 0.